The molecule has 0 bridgehead atoms. The highest BCUT2D eigenvalue weighted by Crippen LogP contribution is 2.19. The second-order valence-corrected chi connectivity index (χ2v) is 4.94. The highest BCUT2D eigenvalue weighted by atomic mass is 79.9. The Bertz CT molecular complexity index is 552. The number of carbonyl (C=O) groups excluding carboxylic acids is 1. The lowest BCUT2D eigenvalue weighted by atomic mass is 10.1. The topological polar surface area (TPSA) is 29.1 Å². The normalized spacial score (nSPS) is 10.1. The van der Waals surface area contributed by atoms with E-state index in [1.54, 1.807) is 0 Å². The second kappa shape index (κ2) is 5.83. The van der Waals surface area contributed by atoms with Gasteiger partial charge in [0.15, 0.2) is 0 Å². The van der Waals surface area contributed by atoms with Crippen molar-refractivity contribution in [1.82, 2.24) is 5.32 Å². The minimum Gasteiger partial charge on any atom is -0.348 e. The fraction of sp³-hybridized carbons (Fsp3) is 0.133. The number of halogens is 1. The van der Waals surface area contributed by atoms with Crippen LogP contribution in [0.5, 0.6) is 0 Å². The van der Waals surface area contributed by atoms with E-state index in [0.717, 1.165) is 15.6 Å². The molecule has 0 heterocycles. The molecule has 2 aromatic rings. The van der Waals surface area contributed by atoms with Crippen molar-refractivity contribution in [1.29, 1.82) is 0 Å². The molecule has 0 aromatic heterocycles. The monoisotopic (exact) mass is 303 g/mol. The molecule has 0 fully saturated rings. The molecule has 2 aromatic carbocycles. The van der Waals surface area contributed by atoms with Gasteiger partial charge in [-0.25, -0.2) is 0 Å². The Balaban J connectivity index is 2.07. The van der Waals surface area contributed by atoms with Crippen LogP contribution in [0.1, 0.15) is 21.5 Å². The molecule has 0 saturated heterocycles. The van der Waals surface area contributed by atoms with Crippen molar-refractivity contribution < 1.29 is 4.79 Å². The maximum absolute atomic E-state index is 12.1. The Morgan fingerprint density at radius 1 is 1.11 bits per heavy atom. The van der Waals surface area contributed by atoms with Gasteiger partial charge in [0.2, 0.25) is 0 Å². The molecule has 1 N–H and O–H groups in total. The van der Waals surface area contributed by atoms with Crippen LogP contribution in [-0.4, -0.2) is 5.91 Å². The van der Waals surface area contributed by atoms with Crippen molar-refractivity contribution in [2.75, 3.05) is 0 Å². The smallest absolute Gasteiger partial charge is 0.251 e. The fourth-order valence-corrected chi connectivity index (χ4v) is 2.09. The number of carbonyl (C=O) groups is 1. The van der Waals surface area contributed by atoms with Crippen molar-refractivity contribution in [3.05, 3.63) is 69.7 Å². The van der Waals surface area contributed by atoms with Crippen molar-refractivity contribution >= 4 is 21.8 Å². The molecule has 0 atom stereocenters. The number of hydrogen-bond donors (Lipinski definition) is 1. The molecule has 3 heteroatoms. The molecule has 0 spiro atoms. The van der Waals surface area contributed by atoms with E-state index >= 15 is 0 Å². The zero-order chi connectivity index (χ0) is 13.0. The van der Waals surface area contributed by atoms with E-state index < -0.39 is 0 Å². The third-order valence-electron chi connectivity index (χ3n) is 2.81. The molecule has 0 saturated carbocycles. The van der Waals surface area contributed by atoms with Gasteiger partial charge < -0.3 is 5.32 Å². The molecule has 1 amide bonds. The quantitative estimate of drug-likeness (QED) is 0.920. The van der Waals surface area contributed by atoms with E-state index in [9.17, 15) is 4.79 Å². The highest BCUT2D eigenvalue weighted by Gasteiger charge is 2.09. The zero-order valence-electron chi connectivity index (χ0n) is 10.1. The van der Waals surface area contributed by atoms with Gasteiger partial charge in [-0.15, -0.1) is 0 Å². The summed E-state index contributed by atoms with van der Waals surface area (Å²) in [6, 6.07) is 15.5. The summed E-state index contributed by atoms with van der Waals surface area (Å²) < 4.78 is 0.954. The molecule has 92 valence electrons. The van der Waals surface area contributed by atoms with E-state index in [2.05, 4.69) is 21.2 Å². The minimum absolute atomic E-state index is 0.0438. The van der Waals surface area contributed by atoms with Crippen molar-refractivity contribution in [3.63, 3.8) is 0 Å². The SMILES string of the molecule is Cc1c(Br)cccc1C(=O)NCc1ccccc1. The van der Waals surface area contributed by atoms with Gasteiger partial charge >= 0.3 is 0 Å². The van der Waals surface area contributed by atoms with E-state index in [-0.39, 0.29) is 5.91 Å². The van der Waals surface area contributed by atoms with Crippen molar-refractivity contribution in [2.45, 2.75) is 13.5 Å². The Kier molecular flexibility index (Phi) is 4.15. The summed E-state index contributed by atoms with van der Waals surface area (Å²) in [5, 5.41) is 2.92. The molecule has 18 heavy (non-hydrogen) atoms. The van der Waals surface area contributed by atoms with Crippen LogP contribution in [0.25, 0.3) is 0 Å². The number of nitrogens with one attached hydrogen (secondary N) is 1. The van der Waals surface area contributed by atoms with Crippen LogP contribution >= 0.6 is 15.9 Å². The summed E-state index contributed by atoms with van der Waals surface area (Å²) in [5.41, 5.74) is 2.77. The van der Waals surface area contributed by atoms with E-state index in [1.165, 1.54) is 0 Å². The van der Waals surface area contributed by atoms with Gasteiger partial charge in [0, 0.05) is 16.6 Å². The Labute approximate surface area is 115 Å². The van der Waals surface area contributed by atoms with Gasteiger partial charge in [0.05, 0.1) is 0 Å². The first-order valence-corrected chi connectivity index (χ1v) is 6.55. The lowest BCUT2D eigenvalue weighted by Gasteiger charge is -2.08. The first-order chi connectivity index (χ1) is 8.68. The lowest BCUT2D eigenvalue weighted by molar-refractivity contribution is 0.0950. The number of amides is 1. The third kappa shape index (κ3) is 2.99. The van der Waals surface area contributed by atoms with E-state index in [1.807, 2.05) is 55.5 Å². The summed E-state index contributed by atoms with van der Waals surface area (Å²) in [7, 11) is 0. The summed E-state index contributed by atoms with van der Waals surface area (Å²) in [5.74, 6) is -0.0438. The molecular formula is C15H14BrNO. The van der Waals surface area contributed by atoms with Crippen LogP contribution in [0, 0.1) is 6.92 Å². The molecule has 0 aliphatic rings. The van der Waals surface area contributed by atoms with Crippen LogP contribution in [0.3, 0.4) is 0 Å². The molecular weight excluding hydrogens is 290 g/mol. The average molecular weight is 304 g/mol. The summed E-state index contributed by atoms with van der Waals surface area (Å²) in [6.07, 6.45) is 0. The van der Waals surface area contributed by atoms with Gasteiger partial charge in [0.25, 0.3) is 5.91 Å². The molecule has 0 radical (unpaired) electrons. The fourth-order valence-electron chi connectivity index (χ4n) is 1.73. The molecule has 0 aliphatic carbocycles. The summed E-state index contributed by atoms with van der Waals surface area (Å²) >= 11 is 3.43. The molecule has 0 unspecified atom stereocenters. The van der Waals surface area contributed by atoms with Gasteiger partial charge in [-0.1, -0.05) is 52.3 Å². The van der Waals surface area contributed by atoms with Gasteiger partial charge in [-0.05, 0) is 30.2 Å². The maximum Gasteiger partial charge on any atom is 0.251 e. The lowest BCUT2D eigenvalue weighted by Crippen LogP contribution is -2.23. The number of benzene rings is 2. The standard InChI is InChI=1S/C15H14BrNO/c1-11-13(8-5-9-14(11)16)15(18)17-10-12-6-3-2-4-7-12/h2-9H,10H2,1H3,(H,17,18). The zero-order valence-corrected chi connectivity index (χ0v) is 11.7. The maximum atomic E-state index is 12.1. The van der Waals surface area contributed by atoms with Crippen LogP contribution in [0.15, 0.2) is 53.0 Å². The van der Waals surface area contributed by atoms with Crippen LogP contribution in [-0.2, 0) is 6.54 Å². The van der Waals surface area contributed by atoms with E-state index in [4.69, 9.17) is 0 Å². The average Bonchev–Trinajstić information content (AvgIpc) is 2.40. The van der Waals surface area contributed by atoms with Crippen molar-refractivity contribution in [2.24, 2.45) is 0 Å². The minimum atomic E-state index is -0.0438. The first-order valence-electron chi connectivity index (χ1n) is 5.75. The van der Waals surface area contributed by atoms with Gasteiger partial charge in [-0.3, -0.25) is 4.79 Å². The summed E-state index contributed by atoms with van der Waals surface area (Å²) in [4.78, 5) is 12.1. The van der Waals surface area contributed by atoms with Gasteiger partial charge in [0.1, 0.15) is 0 Å². The predicted molar refractivity (Wildman–Crippen MR) is 76.5 cm³/mol. The number of hydrogen-bond acceptors (Lipinski definition) is 1. The van der Waals surface area contributed by atoms with Crippen LogP contribution in [0.4, 0.5) is 0 Å². The number of rotatable bonds is 3. The summed E-state index contributed by atoms with van der Waals surface area (Å²) in [6.45, 7) is 2.48. The Morgan fingerprint density at radius 2 is 1.83 bits per heavy atom. The highest BCUT2D eigenvalue weighted by molar-refractivity contribution is 9.10. The third-order valence-corrected chi connectivity index (χ3v) is 3.67. The molecule has 2 rings (SSSR count). The second-order valence-electron chi connectivity index (χ2n) is 4.08. The molecule has 0 aliphatic heterocycles. The van der Waals surface area contributed by atoms with Gasteiger partial charge in [-0.2, -0.15) is 0 Å². The van der Waals surface area contributed by atoms with Crippen LogP contribution < -0.4 is 5.32 Å². The first kappa shape index (κ1) is 12.8. The van der Waals surface area contributed by atoms with Crippen molar-refractivity contribution in [3.8, 4) is 0 Å². The predicted octanol–water partition coefficient (Wildman–Crippen LogP) is 3.69. The largest absolute Gasteiger partial charge is 0.348 e. The molecule has 2 nitrogen and oxygen atoms in total. The van der Waals surface area contributed by atoms with Crippen LogP contribution in [0.2, 0.25) is 0 Å². The Morgan fingerprint density at radius 3 is 2.56 bits per heavy atom. The Hall–Kier alpha value is -1.61. The van der Waals surface area contributed by atoms with E-state index in [0.29, 0.717) is 12.1 Å².